The van der Waals surface area contributed by atoms with Crippen LogP contribution in [0.5, 0.6) is 5.75 Å². The molecule has 2 aromatic carbocycles. The molecule has 5 N–H and O–H groups in total. The van der Waals surface area contributed by atoms with Crippen LogP contribution in [0.15, 0.2) is 48.5 Å². The number of aromatic nitrogens is 1. The van der Waals surface area contributed by atoms with Crippen LogP contribution in [0.25, 0.3) is 10.9 Å². The maximum Gasteiger partial charge on any atom is 0.176 e. The van der Waals surface area contributed by atoms with E-state index in [1.54, 1.807) is 18.2 Å². The van der Waals surface area contributed by atoms with Crippen LogP contribution in [0, 0.1) is 0 Å². The molecular weight excluding hydrogens is 304 g/mol. The molecule has 0 saturated heterocycles. The van der Waals surface area contributed by atoms with Gasteiger partial charge in [-0.3, -0.25) is 0 Å². The molecule has 0 saturated carbocycles. The molecule has 3 aromatic rings. The quantitative estimate of drug-likeness (QED) is 0.475. The number of aliphatic hydroxyl groups excluding tert-OH is 1. The van der Waals surface area contributed by atoms with E-state index in [0.29, 0.717) is 13.0 Å². The molecular formula is C19H20N2O3. The Hall–Kier alpha value is -2.34. The van der Waals surface area contributed by atoms with Gasteiger partial charge in [-0.15, -0.1) is 0 Å². The first-order valence-corrected chi connectivity index (χ1v) is 8.09. The monoisotopic (exact) mass is 324 g/mol. The molecule has 0 aliphatic carbocycles. The van der Waals surface area contributed by atoms with Gasteiger partial charge >= 0.3 is 0 Å². The Balaban J connectivity index is 1.87. The van der Waals surface area contributed by atoms with Crippen molar-refractivity contribution in [2.24, 2.45) is 0 Å². The standard InChI is InChI=1S/C19H20N2O3/c22-13-5-3-4-12(10-13)11-19(18(23)24)17-15(8-9-20-19)14-6-1-2-7-16(14)21-17/h1-7,10,18,20-24H,8-9,11H2. The number of hydrogen-bond donors (Lipinski definition) is 5. The molecule has 1 aliphatic rings. The normalized spacial score (nSPS) is 20.5. The van der Waals surface area contributed by atoms with Gasteiger partial charge < -0.3 is 25.6 Å². The molecule has 0 radical (unpaired) electrons. The third-order valence-electron chi connectivity index (χ3n) is 4.91. The first kappa shape index (κ1) is 15.2. The number of aromatic amines is 1. The third-order valence-corrected chi connectivity index (χ3v) is 4.91. The molecule has 1 atom stereocenters. The maximum absolute atomic E-state index is 10.2. The molecule has 4 rings (SSSR count). The first-order chi connectivity index (χ1) is 11.6. The summed E-state index contributed by atoms with van der Waals surface area (Å²) in [6, 6.07) is 14.9. The SMILES string of the molecule is Oc1cccc(CC2(C(O)O)NCCc3c2[nH]c2ccccc32)c1. The summed E-state index contributed by atoms with van der Waals surface area (Å²) in [6.07, 6.45) is -0.390. The van der Waals surface area contributed by atoms with Crippen molar-refractivity contribution in [3.63, 3.8) is 0 Å². The number of rotatable bonds is 3. The Morgan fingerprint density at radius 2 is 1.92 bits per heavy atom. The Morgan fingerprint density at radius 3 is 2.71 bits per heavy atom. The second-order valence-corrected chi connectivity index (χ2v) is 6.39. The van der Waals surface area contributed by atoms with E-state index in [1.807, 2.05) is 24.3 Å². The maximum atomic E-state index is 10.2. The average Bonchev–Trinajstić information content (AvgIpc) is 2.95. The summed E-state index contributed by atoms with van der Waals surface area (Å²) < 4.78 is 0. The second kappa shape index (κ2) is 5.63. The molecule has 1 unspecified atom stereocenters. The highest BCUT2D eigenvalue weighted by molar-refractivity contribution is 5.85. The zero-order valence-electron chi connectivity index (χ0n) is 13.2. The van der Waals surface area contributed by atoms with Crippen LogP contribution in [-0.2, 0) is 18.4 Å². The molecule has 0 amide bonds. The predicted molar refractivity (Wildman–Crippen MR) is 91.7 cm³/mol. The summed E-state index contributed by atoms with van der Waals surface area (Å²) in [5.74, 6) is 0.169. The fourth-order valence-corrected chi connectivity index (χ4v) is 3.79. The second-order valence-electron chi connectivity index (χ2n) is 6.39. The van der Waals surface area contributed by atoms with Gasteiger partial charge in [0.25, 0.3) is 0 Å². The van der Waals surface area contributed by atoms with Crippen LogP contribution >= 0.6 is 0 Å². The minimum atomic E-state index is -1.58. The van der Waals surface area contributed by atoms with Gasteiger partial charge in [-0.1, -0.05) is 30.3 Å². The van der Waals surface area contributed by atoms with Gasteiger partial charge in [-0.25, -0.2) is 0 Å². The van der Waals surface area contributed by atoms with E-state index in [0.717, 1.165) is 34.1 Å². The molecule has 0 spiro atoms. The lowest BCUT2D eigenvalue weighted by Crippen LogP contribution is -2.56. The number of aliphatic hydroxyl groups is 2. The summed E-state index contributed by atoms with van der Waals surface area (Å²) in [5, 5.41) is 34.6. The number of phenols is 1. The zero-order valence-corrected chi connectivity index (χ0v) is 13.2. The number of fused-ring (bicyclic) bond motifs is 3. The fourth-order valence-electron chi connectivity index (χ4n) is 3.79. The van der Waals surface area contributed by atoms with Gasteiger partial charge in [0, 0.05) is 29.6 Å². The van der Waals surface area contributed by atoms with Gasteiger partial charge in [0.05, 0.1) is 0 Å². The van der Waals surface area contributed by atoms with Crippen molar-refractivity contribution in [1.29, 1.82) is 0 Å². The highest BCUT2D eigenvalue weighted by atomic mass is 16.5. The molecule has 124 valence electrons. The summed E-state index contributed by atoms with van der Waals surface area (Å²) >= 11 is 0. The van der Waals surface area contributed by atoms with Crippen molar-refractivity contribution in [2.75, 3.05) is 6.54 Å². The van der Waals surface area contributed by atoms with E-state index >= 15 is 0 Å². The smallest absolute Gasteiger partial charge is 0.176 e. The van der Waals surface area contributed by atoms with Crippen molar-refractivity contribution >= 4 is 10.9 Å². The zero-order chi connectivity index (χ0) is 16.7. The van der Waals surface area contributed by atoms with Crippen molar-refractivity contribution in [3.05, 3.63) is 65.4 Å². The van der Waals surface area contributed by atoms with Crippen LogP contribution < -0.4 is 5.32 Å². The van der Waals surface area contributed by atoms with Gasteiger partial charge in [-0.05, 0) is 35.7 Å². The average molecular weight is 324 g/mol. The Morgan fingerprint density at radius 1 is 1.08 bits per heavy atom. The molecule has 1 aromatic heterocycles. The van der Waals surface area contributed by atoms with E-state index < -0.39 is 11.8 Å². The van der Waals surface area contributed by atoms with Gasteiger partial charge in [-0.2, -0.15) is 0 Å². The van der Waals surface area contributed by atoms with Crippen molar-refractivity contribution in [2.45, 2.75) is 24.7 Å². The minimum Gasteiger partial charge on any atom is -0.508 e. The van der Waals surface area contributed by atoms with E-state index in [1.165, 1.54) is 0 Å². The van der Waals surface area contributed by atoms with Gasteiger partial charge in [0.2, 0.25) is 0 Å². The number of phenolic OH excluding ortho intramolecular Hbond substituents is 1. The van der Waals surface area contributed by atoms with Crippen molar-refractivity contribution in [3.8, 4) is 5.75 Å². The number of H-pyrrole nitrogens is 1. The van der Waals surface area contributed by atoms with Crippen molar-refractivity contribution in [1.82, 2.24) is 10.3 Å². The summed E-state index contributed by atoms with van der Waals surface area (Å²) in [4.78, 5) is 3.38. The predicted octanol–water partition coefficient (Wildman–Crippen LogP) is 1.77. The number of aromatic hydroxyl groups is 1. The number of benzene rings is 2. The van der Waals surface area contributed by atoms with E-state index in [9.17, 15) is 15.3 Å². The highest BCUT2D eigenvalue weighted by Crippen LogP contribution is 2.37. The molecule has 2 heterocycles. The lowest BCUT2D eigenvalue weighted by atomic mass is 9.81. The Labute approximate surface area is 139 Å². The van der Waals surface area contributed by atoms with Gasteiger partial charge in [0.1, 0.15) is 11.3 Å². The molecule has 5 nitrogen and oxygen atoms in total. The molecule has 0 bridgehead atoms. The van der Waals surface area contributed by atoms with Gasteiger partial charge in [0.15, 0.2) is 6.29 Å². The largest absolute Gasteiger partial charge is 0.508 e. The summed E-state index contributed by atoms with van der Waals surface area (Å²) in [5.41, 5.74) is 2.74. The minimum absolute atomic E-state index is 0.169. The molecule has 5 heteroatoms. The molecule has 0 fully saturated rings. The number of nitrogens with one attached hydrogen (secondary N) is 2. The number of para-hydroxylation sites is 1. The van der Waals surface area contributed by atoms with Crippen LogP contribution in [0.2, 0.25) is 0 Å². The fraction of sp³-hybridized carbons (Fsp3) is 0.263. The van der Waals surface area contributed by atoms with E-state index in [-0.39, 0.29) is 5.75 Å². The Bertz CT molecular complexity index is 887. The summed E-state index contributed by atoms with van der Waals surface area (Å²) in [6.45, 7) is 0.658. The molecule has 1 aliphatic heterocycles. The highest BCUT2D eigenvalue weighted by Gasteiger charge is 2.44. The van der Waals surface area contributed by atoms with E-state index in [2.05, 4.69) is 16.4 Å². The van der Waals surface area contributed by atoms with Crippen molar-refractivity contribution < 1.29 is 15.3 Å². The third kappa shape index (κ3) is 2.29. The lowest BCUT2D eigenvalue weighted by molar-refractivity contribution is -0.115. The van der Waals surface area contributed by atoms with Crippen LogP contribution in [0.4, 0.5) is 0 Å². The van der Waals surface area contributed by atoms with Crippen LogP contribution in [-0.4, -0.2) is 33.1 Å². The van der Waals surface area contributed by atoms with E-state index in [4.69, 9.17) is 0 Å². The van der Waals surface area contributed by atoms with Crippen LogP contribution in [0.3, 0.4) is 0 Å². The Kier molecular flexibility index (Phi) is 3.57. The summed E-state index contributed by atoms with van der Waals surface area (Å²) in [7, 11) is 0. The molecule has 24 heavy (non-hydrogen) atoms. The van der Waals surface area contributed by atoms with Crippen LogP contribution in [0.1, 0.15) is 16.8 Å². The number of hydrogen-bond acceptors (Lipinski definition) is 4. The lowest BCUT2D eigenvalue weighted by Gasteiger charge is -2.40. The topological polar surface area (TPSA) is 88.5 Å². The first-order valence-electron chi connectivity index (χ1n) is 8.09.